The Balaban J connectivity index is 1.93. The fourth-order valence-electron chi connectivity index (χ4n) is 4.54. The molecule has 1 aliphatic rings. The molecule has 0 radical (unpaired) electrons. The molecule has 31 heavy (non-hydrogen) atoms. The summed E-state index contributed by atoms with van der Waals surface area (Å²) in [7, 11) is 1.77. The van der Waals surface area contributed by atoms with Gasteiger partial charge in [-0.25, -0.2) is 8.78 Å². The van der Waals surface area contributed by atoms with Gasteiger partial charge in [0.25, 0.3) is 0 Å². The Kier molecular flexibility index (Phi) is 7.12. The van der Waals surface area contributed by atoms with Gasteiger partial charge in [-0.3, -0.25) is 9.69 Å². The van der Waals surface area contributed by atoms with E-state index in [1.54, 1.807) is 43.1 Å². The van der Waals surface area contributed by atoms with Crippen molar-refractivity contribution in [3.05, 3.63) is 71.3 Å². The highest BCUT2D eigenvalue weighted by atomic mass is 19.1. The number of likely N-dealkylation sites (tertiary alicyclic amines) is 1. The van der Waals surface area contributed by atoms with Gasteiger partial charge in [0.2, 0.25) is 5.91 Å². The van der Waals surface area contributed by atoms with E-state index in [0.29, 0.717) is 30.1 Å². The van der Waals surface area contributed by atoms with Crippen molar-refractivity contribution in [1.29, 1.82) is 0 Å². The van der Waals surface area contributed by atoms with Crippen LogP contribution in [-0.4, -0.2) is 59.6 Å². The van der Waals surface area contributed by atoms with Crippen molar-refractivity contribution in [3.63, 3.8) is 0 Å². The molecule has 0 saturated carbocycles. The maximum atomic E-state index is 13.8. The zero-order valence-electron chi connectivity index (χ0n) is 18.7. The number of nitrogens with zero attached hydrogens (tertiary/aromatic N) is 2. The van der Waals surface area contributed by atoms with Crippen molar-refractivity contribution in [2.75, 3.05) is 26.7 Å². The van der Waals surface area contributed by atoms with Crippen molar-refractivity contribution >= 4 is 5.91 Å². The Morgan fingerprint density at radius 3 is 1.97 bits per heavy atom. The third-order valence-corrected chi connectivity index (χ3v) is 6.51. The number of carbonyl (C=O) groups is 1. The largest absolute Gasteiger partial charge is 0.392 e. The molecule has 0 aliphatic carbocycles. The molecule has 2 aromatic rings. The number of carbonyl (C=O) groups excluding carboxylic acids is 1. The Bertz CT molecular complexity index is 838. The molecule has 1 heterocycles. The van der Waals surface area contributed by atoms with Crippen LogP contribution in [0.2, 0.25) is 0 Å². The van der Waals surface area contributed by atoms with Gasteiger partial charge in [-0.1, -0.05) is 38.1 Å². The lowest BCUT2D eigenvalue weighted by molar-refractivity contribution is -0.135. The van der Waals surface area contributed by atoms with Gasteiger partial charge in [-0.05, 0) is 54.7 Å². The number of rotatable bonds is 7. The molecule has 3 rings (SSSR count). The first-order chi connectivity index (χ1) is 14.6. The second kappa shape index (κ2) is 9.45. The monoisotopic (exact) mass is 430 g/mol. The lowest BCUT2D eigenvalue weighted by Gasteiger charge is -2.38. The smallest absolute Gasteiger partial charge is 0.237 e. The summed E-state index contributed by atoms with van der Waals surface area (Å²) in [5, 5.41) is 9.96. The van der Waals surface area contributed by atoms with Crippen LogP contribution in [-0.2, 0) is 10.2 Å². The van der Waals surface area contributed by atoms with Crippen LogP contribution in [0, 0.1) is 17.6 Å². The van der Waals surface area contributed by atoms with Crippen LogP contribution in [0.25, 0.3) is 0 Å². The first-order valence-corrected chi connectivity index (χ1v) is 10.8. The minimum absolute atomic E-state index is 0.108. The van der Waals surface area contributed by atoms with Crippen LogP contribution in [0.5, 0.6) is 0 Å². The van der Waals surface area contributed by atoms with Crippen molar-refractivity contribution in [1.82, 2.24) is 9.80 Å². The summed E-state index contributed by atoms with van der Waals surface area (Å²) in [5.74, 6) is -0.600. The van der Waals surface area contributed by atoms with Crippen LogP contribution in [0.3, 0.4) is 0 Å². The second-order valence-corrected chi connectivity index (χ2v) is 9.07. The number of benzene rings is 2. The maximum absolute atomic E-state index is 13.8. The molecule has 168 valence electrons. The first-order valence-electron chi connectivity index (χ1n) is 10.8. The molecule has 0 bridgehead atoms. The topological polar surface area (TPSA) is 43.8 Å². The fraction of sp³-hybridized carbons (Fsp3) is 0.480. The number of halogens is 2. The third kappa shape index (κ3) is 4.96. The Hall–Kier alpha value is -2.31. The Labute approximate surface area is 183 Å². The van der Waals surface area contributed by atoms with Crippen LogP contribution in [0.1, 0.15) is 38.3 Å². The summed E-state index contributed by atoms with van der Waals surface area (Å²) in [5.41, 5.74) is 0.201. The number of aliphatic hydroxyl groups is 1. The van der Waals surface area contributed by atoms with E-state index in [-0.39, 0.29) is 29.7 Å². The van der Waals surface area contributed by atoms with E-state index in [9.17, 15) is 18.7 Å². The highest BCUT2D eigenvalue weighted by molar-refractivity contribution is 5.91. The second-order valence-electron chi connectivity index (χ2n) is 9.07. The lowest BCUT2D eigenvalue weighted by Crippen LogP contribution is -2.51. The average molecular weight is 431 g/mol. The highest BCUT2D eigenvalue weighted by Gasteiger charge is 2.40. The third-order valence-electron chi connectivity index (χ3n) is 6.51. The minimum atomic E-state index is -1.10. The lowest BCUT2D eigenvalue weighted by atomic mass is 9.75. The molecule has 1 amide bonds. The van der Waals surface area contributed by atoms with Gasteiger partial charge >= 0.3 is 0 Å². The predicted molar refractivity (Wildman–Crippen MR) is 118 cm³/mol. The number of hydrogen-bond donors (Lipinski definition) is 1. The summed E-state index contributed by atoms with van der Waals surface area (Å²) >= 11 is 0. The summed E-state index contributed by atoms with van der Waals surface area (Å²) in [6, 6.07) is 11.9. The van der Waals surface area contributed by atoms with Crippen LogP contribution >= 0.6 is 0 Å². The molecule has 0 aromatic heterocycles. The van der Waals surface area contributed by atoms with Crippen LogP contribution in [0.4, 0.5) is 8.78 Å². The molecular weight excluding hydrogens is 398 g/mol. The number of β-amino-alcohol motifs (C(OH)–C–C–N with tert-alkyl or cyclic N) is 1. The van der Waals surface area contributed by atoms with E-state index >= 15 is 0 Å². The molecule has 1 unspecified atom stereocenters. The normalized spacial score (nSPS) is 18.4. The Morgan fingerprint density at radius 2 is 1.58 bits per heavy atom. The number of hydrogen-bond acceptors (Lipinski definition) is 3. The molecule has 1 saturated heterocycles. The van der Waals surface area contributed by atoms with E-state index in [2.05, 4.69) is 18.7 Å². The zero-order valence-corrected chi connectivity index (χ0v) is 18.7. The molecule has 1 fully saturated rings. The molecule has 4 nitrogen and oxygen atoms in total. The van der Waals surface area contributed by atoms with Gasteiger partial charge < -0.3 is 10.0 Å². The van der Waals surface area contributed by atoms with Crippen molar-refractivity contribution in [2.24, 2.45) is 5.92 Å². The molecule has 2 atom stereocenters. The van der Waals surface area contributed by atoms with E-state index in [0.717, 1.165) is 13.0 Å². The van der Waals surface area contributed by atoms with Crippen molar-refractivity contribution < 1.29 is 18.7 Å². The van der Waals surface area contributed by atoms with Crippen LogP contribution < -0.4 is 0 Å². The summed E-state index contributed by atoms with van der Waals surface area (Å²) in [4.78, 5) is 17.8. The van der Waals surface area contributed by atoms with E-state index < -0.39 is 5.41 Å². The van der Waals surface area contributed by atoms with Gasteiger partial charge in [0.1, 0.15) is 11.6 Å². The summed E-state index contributed by atoms with van der Waals surface area (Å²) in [6.07, 6.45) is 0.412. The van der Waals surface area contributed by atoms with E-state index in [1.165, 1.54) is 24.3 Å². The molecule has 1 aliphatic heterocycles. The quantitative estimate of drug-likeness (QED) is 0.726. The van der Waals surface area contributed by atoms with Gasteiger partial charge in [0, 0.05) is 32.7 Å². The molecular formula is C25H32F2N2O2. The van der Waals surface area contributed by atoms with Gasteiger partial charge in [0.05, 0.1) is 11.5 Å². The number of amides is 1. The predicted octanol–water partition coefficient (Wildman–Crippen LogP) is 3.82. The van der Waals surface area contributed by atoms with Gasteiger partial charge in [-0.2, -0.15) is 0 Å². The minimum Gasteiger partial charge on any atom is -0.392 e. The zero-order chi connectivity index (χ0) is 22.8. The average Bonchev–Trinajstić information content (AvgIpc) is 3.17. The van der Waals surface area contributed by atoms with Gasteiger partial charge in [0.15, 0.2) is 0 Å². The maximum Gasteiger partial charge on any atom is 0.237 e. The SMILES string of the molecule is CC(C)C(CN(C)C(=O)C(C)(c1ccc(F)cc1)c1ccc(F)cc1)N1CC[C@H](O)C1. The van der Waals surface area contributed by atoms with Crippen molar-refractivity contribution in [2.45, 2.75) is 44.8 Å². The van der Waals surface area contributed by atoms with Gasteiger partial charge in [-0.15, -0.1) is 0 Å². The van der Waals surface area contributed by atoms with E-state index in [4.69, 9.17) is 0 Å². The standard InChI is InChI=1S/C25H32F2N2O2/c1-17(2)23(29-14-13-22(30)15-29)16-28(4)24(31)25(3,18-5-9-20(26)10-6-18)19-7-11-21(27)12-8-19/h5-12,17,22-23,30H,13-16H2,1-4H3/t22-,23?/m0/s1. The number of aliphatic hydroxyl groups excluding tert-OH is 1. The van der Waals surface area contributed by atoms with Crippen LogP contribution in [0.15, 0.2) is 48.5 Å². The summed E-state index contributed by atoms with van der Waals surface area (Å²) < 4.78 is 27.2. The fourth-order valence-corrected chi connectivity index (χ4v) is 4.54. The van der Waals surface area contributed by atoms with E-state index in [1.807, 2.05) is 0 Å². The molecule has 1 N–H and O–H groups in total. The van der Waals surface area contributed by atoms with Crippen molar-refractivity contribution in [3.8, 4) is 0 Å². The first kappa shape index (κ1) is 23.4. The molecule has 6 heteroatoms. The highest BCUT2D eigenvalue weighted by Crippen LogP contribution is 2.34. The molecule has 0 spiro atoms. The summed E-state index contributed by atoms with van der Waals surface area (Å²) in [6.45, 7) is 7.95. The molecule has 2 aromatic carbocycles. The Morgan fingerprint density at radius 1 is 1.10 bits per heavy atom. The number of likely N-dealkylation sites (N-methyl/N-ethyl adjacent to an activating group) is 1.